The van der Waals surface area contributed by atoms with Crippen molar-refractivity contribution >= 4 is 28.5 Å². The molecule has 0 fully saturated rings. The average Bonchev–Trinajstić information content (AvgIpc) is 3.18. The van der Waals surface area contributed by atoms with Gasteiger partial charge in [0, 0.05) is 16.8 Å². The minimum atomic E-state index is -0.392. The van der Waals surface area contributed by atoms with E-state index < -0.39 is 5.97 Å². The Morgan fingerprint density at radius 3 is 2.41 bits per heavy atom. The zero-order valence-corrected chi connectivity index (χ0v) is 15.7. The highest BCUT2D eigenvalue weighted by Crippen LogP contribution is 2.29. The van der Waals surface area contributed by atoms with Crippen LogP contribution in [0.25, 0.3) is 22.2 Å². The fraction of sp³-hybridized carbons (Fsp3) is 0.0870. The molecule has 6 nitrogen and oxygen atoms in total. The third kappa shape index (κ3) is 3.87. The van der Waals surface area contributed by atoms with E-state index in [1.165, 1.54) is 0 Å². The predicted molar refractivity (Wildman–Crippen MR) is 110 cm³/mol. The van der Waals surface area contributed by atoms with Crippen molar-refractivity contribution in [1.82, 2.24) is 5.16 Å². The number of hydrogen-bond donors (Lipinski definition) is 1. The first-order chi connectivity index (χ1) is 14.2. The molecule has 3 aromatic carbocycles. The maximum absolute atomic E-state index is 12.7. The van der Waals surface area contributed by atoms with E-state index in [0.29, 0.717) is 34.7 Å². The predicted octanol–water partition coefficient (Wildman–Crippen LogP) is 4.92. The molecule has 0 aliphatic carbocycles. The van der Waals surface area contributed by atoms with Gasteiger partial charge in [0.1, 0.15) is 5.52 Å². The molecule has 4 rings (SSSR count). The van der Waals surface area contributed by atoms with Crippen LogP contribution >= 0.6 is 0 Å². The number of aromatic nitrogens is 1. The number of carbonyl (C=O) groups is 2. The number of hydrogen-bond acceptors (Lipinski definition) is 5. The molecule has 144 valence electrons. The Kier molecular flexibility index (Phi) is 5.07. The molecule has 0 aliphatic rings. The summed E-state index contributed by atoms with van der Waals surface area (Å²) in [6, 6.07) is 21.4. The molecule has 1 N–H and O–H groups in total. The van der Waals surface area contributed by atoms with E-state index in [1.807, 2.05) is 30.3 Å². The van der Waals surface area contributed by atoms with Crippen LogP contribution in [0, 0.1) is 0 Å². The summed E-state index contributed by atoms with van der Waals surface area (Å²) in [5.41, 5.74) is 3.06. The van der Waals surface area contributed by atoms with E-state index in [9.17, 15) is 9.59 Å². The van der Waals surface area contributed by atoms with Crippen molar-refractivity contribution in [3.8, 4) is 11.3 Å². The molecule has 6 heteroatoms. The smallest absolute Gasteiger partial charge is 0.338 e. The third-order valence-electron chi connectivity index (χ3n) is 4.43. The lowest BCUT2D eigenvalue weighted by atomic mass is 10.1. The number of nitrogens with one attached hydrogen (secondary N) is 1. The Balaban J connectivity index is 1.57. The van der Waals surface area contributed by atoms with Crippen molar-refractivity contribution in [2.24, 2.45) is 0 Å². The SMILES string of the molecule is CCOC(=O)c1ccc(NC(=O)c2ccc3noc(-c4ccccc4)c3c2)cc1. The van der Waals surface area contributed by atoms with Gasteiger partial charge < -0.3 is 14.6 Å². The lowest BCUT2D eigenvalue weighted by Crippen LogP contribution is -2.12. The van der Waals surface area contributed by atoms with Crippen LogP contribution in [-0.2, 0) is 4.74 Å². The summed E-state index contributed by atoms with van der Waals surface area (Å²) in [7, 11) is 0. The molecule has 1 amide bonds. The minimum absolute atomic E-state index is 0.268. The van der Waals surface area contributed by atoms with Crippen LogP contribution < -0.4 is 5.32 Å². The number of anilines is 1. The highest BCUT2D eigenvalue weighted by Gasteiger charge is 2.14. The summed E-state index contributed by atoms with van der Waals surface area (Å²) in [4.78, 5) is 24.4. The zero-order valence-electron chi connectivity index (χ0n) is 15.7. The van der Waals surface area contributed by atoms with Gasteiger partial charge >= 0.3 is 5.97 Å². The summed E-state index contributed by atoms with van der Waals surface area (Å²) < 4.78 is 10.4. The third-order valence-corrected chi connectivity index (χ3v) is 4.43. The standard InChI is InChI=1S/C23H18N2O4/c1-2-28-23(27)16-8-11-18(12-9-16)24-22(26)17-10-13-20-19(14-17)21(29-25-20)15-6-4-3-5-7-15/h3-14H,2H2,1H3,(H,24,26). The van der Waals surface area contributed by atoms with Gasteiger partial charge in [-0.25, -0.2) is 4.79 Å². The normalized spacial score (nSPS) is 10.7. The van der Waals surface area contributed by atoms with Crippen LogP contribution in [0.4, 0.5) is 5.69 Å². The summed E-state index contributed by atoms with van der Waals surface area (Å²) >= 11 is 0. The first-order valence-corrected chi connectivity index (χ1v) is 9.19. The number of ether oxygens (including phenoxy) is 1. The molecule has 0 bridgehead atoms. The van der Waals surface area contributed by atoms with Gasteiger partial charge in [0.05, 0.1) is 17.6 Å². The number of benzene rings is 3. The lowest BCUT2D eigenvalue weighted by Gasteiger charge is -2.07. The van der Waals surface area contributed by atoms with Gasteiger partial charge in [0.2, 0.25) is 0 Å². The Labute approximate surface area is 167 Å². The minimum Gasteiger partial charge on any atom is -0.462 e. The fourth-order valence-electron chi connectivity index (χ4n) is 2.99. The van der Waals surface area contributed by atoms with Gasteiger partial charge in [-0.15, -0.1) is 0 Å². The summed E-state index contributed by atoms with van der Waals surface area (Å²) in [6.07, 6.45) is 0. The molecule has 0 aliphatic heterocycles. The second kappa shape index (κ2) is 7.98. The van der Waals surface area contributed by atoms with E-state index in [2.05, 4.69) is 10.5 Å². The number of esters is 1. The van der Waals surface area contributed by atoms with Crippen molar-refractivity contribution in [3.63, 3.8) is 0 Å². The zero-order chi connectivity index (χ0) is 20.2. The first-order valence-electron chi connectivity index (χ1n) is 9.19. The topological polar surface area (TPSA) is 81.4 Å². The van der Waals surface area contributed by atoms with E-state index in [4.69, 9.17) is 9.26 Å². The van der Waals surface area contributed by atoms with Crippen LogP contribution in [0.3, 0.4) is 0 Å². The molecule has 0 spiro atoms. The molecule has 1 aromatic heterocycles. The summed E-state index contributed by atoms with van der Waals surface area (Å²) in [5, 5.41) is 7.67. The van der Waals surface area contributed by atoms with Crippen LogP contribution in [-0.4, -0.2) is 23.6 Å². The number of carbonyl (C=O) groups excluding carboxylic acids is 2. The maximum Gasteiger partial charge on any atom is 0.338 e. The summed E-state index contributed by atoms with van der Waals surface area (Å²) in [6.45, 7) is 2.07. The van der Waals surface area contributed by atoms with Crippen molar-refractivity contribution in [2.75, 3.05) is 11.9 Å². The maximum atomic E-state index is 12.7. The van der Waals surface area contributed by atoms with Crippen LogP contribution in [0.5, 0.6) is 0 Å². The fourth-order valence-corrected chi connectivity index (χ4v) is 2.99. The van der Waals surface area contributed by atoms with Gasteiger partial charge in [-0.3, -0.25) is 4.79 Å². The quantitative estimate of drug-likeness (QED) is 0.492. The second-order valence-electron chi connectivity index (χ2n) is 6.36. The Bertz CT molecular complexity index is 1160. The van der Waals surface area contributed by atoms with E-state index in [-0.39, 0.29) is 5.91 Å². The largest absolute Gasteiger partial charge is 0.462 e. The van der Waals surface area contributed by atoms with Gasteiger partial charge in [-0.2, -0.15) is 0 Å². The molecule has 0 atom stereocenters. The molecule has 1 heterocycles. The molecule has 4 aromatic rings. The van der Waals surface area contributed by atoms with Crippen molar-refractivity contribution in [2.45, 2.75) is 6.92 Å². The van der Waals surface area contributed by atoms with Crippen molar-refractivity contribution in [3.05, 3.63) is 83.9 Å². The van der Waals surface area contributed by atoms with Crippen molar-refractivity contribution < 1.29 is 18.8 Å². The molecule has 0 unspecified atom stereocenters. The van der Waals surface area contributed by atoms with Crippen LogP contribution in [0.15, 0.2) is 77.3 Å². The highest BCUT2D eigenvalue weighted by atomic mass is 16.5. The van der Waals surface area contributed by atoms with Crippen LogP contribution in [0.1, 0.15) is 27.6 Å². The highest BCUT2D eigenvalue weighted by molar-refractivity contribution is 6.07. The Morgan fingerprint density at radius 2 is 1.69 bits per heavy atom. The van der Waals surface area contributed by atoms with Crippen LogP contribution in [0.2, 0.25) is 0 Å². The number of fused-ring (bicyclic) bond motifs is 1. The Hall–Kier alpha value is -3.93. The Morgan fingerprint density at radius 1 is 0.966 bits per heavy atom. The van der Waals surface area contributed by atoms with E-state index in [0.717, 1.165) is 10.9 Å². The molecule has 0 saturated heterocycles. The molecule has 29 heavy (non-hydrogen) atoms. The van der Waals surface area contributed by atoms with E-state index in [1.54, 1.807) is 49.4 Å². The second-order valence-corrected chi connectivity index (χ2v) is 6.36. The van der Waals surface area contributed by atoms with Gasteiger partial charge in [-0.05, 0) is 49.4 Å². The molecular formula is C23H18N2O4. The van der Waals surface area contributed by atoms with Gasteiger partial charge in [0.15, 0.2) is 5.76 Å². The monoisotopic (exact) mass is 386 g/mol. The molecule has 0 radical (unpaired) electrons. The number of amides is 1. The van der Waals surface area contributed by atoms with Gasteiger partial charge in [-0.1, -0.05) is 35.5 Å². The number of rotatable bonds is 5. The molecular weight excluding hydrogens is 368 g/mol. The molecule has 0 saturated carbocycles. The van der Waals surface area contributed by atoms with Gasteiger partial charge in [0.25, 0.3) is 5.91 Å². The van der Waals surface area contributed by atoms with E-state index >= 15 is 0 Å². The summed E-state index contributed by atoms with van der Waals surface area (Å²) in [5.74, 6) is -0.0400. The first kappa shape index (κ1) is 18.4. The van der Waals surface area contributed by atoms with Crippen molar-refractivity contribution in [1.29, 1.82) is 0 Å². The number of nitrogens with zero attached hydrogens (tertiary/aromatic N) is 1. The lowest BCUT2D eigenvalue weighted by molar-refractivity contribution is 0.0526. The average molecular weight is 386 g/mol.